The third-order valence-electron chi connectivity index (χ3n) is 3.26. The van der Waals surface area contributed by atoms with Crippen LogP contribution in [-0.2, 0) is 19.3 Å². The Morgan fingerprint density at radius 3 is 2.75 bits per heavy atom. The molecule has 94 valence electrons. The number of rotatable bonds is 3. The molecule has 5 nitrogen and oxygen atoms in total. The first-order valence-corrected chi connectivity index (χ1v) is 7.31. The second kappa shape index (κ2) is 4.25. The predicted molar refractivity (Wildman–Crippen MR) is 57.7 cm³/mol. The molecule has 16 heavy (non-hydrogen) atoms. The molecule has 0 saturated carbocycles. The maximum Gasteiger partial charge on any atom is 0.167 e. The van der Waals surface area contributed by atoms with Crippen LogP contribution in [0.4, 0.5) is 0 Å². The zero-order valence-corrected chi connectivity index (χ0v) is 10.2. The average Bonchev–Trinajstić information content (AvgIpc) is 2.72. The van der Waals surface area contributed by atoms with E-state index in [0.29, 0.717) is 19.4 Å². The number of sulfone groups is 1. The van der Waals surface area contributed by atoms with Crippen molar-refractivity contribution in [1.29, 1.82) is 0 Å². The number of aliphatic hydroxyl groups excluding tert-OH is 1. The van der Waals surface area contributed by atoms with Gasteiger partial charge in [-0.2, -0.15) is 0 Å². The lowest BCUT2D eigenvalue weighted by Gasteiger charge is -2.25. The van der Waals surface area contributed by atoms with Gasteiger partial charge in [0.25, 0.3) is 0 Å². The maximum absolute atomic E-state index is 11.7. The van der Waals surface area contributed by atoms with Gasteiger partial charge in [0, 0.05) is 6.42 Å². The topological polar surface area (TPSA) is 72.8 Å². The largest absolute Gasteiger partial charge is 0.394 e. The summed E-state index contributed by atoms with van der Waals surface area (Å²) < 4.78 is 34.3. The van der Waals surface area contributed by atoms with Gasteiger partial charge in [0.1, 0.15) is 6.10 Å². The normalized spacial score (nSPS) is 42.6. The highest BCUT2D eigenvalue weighted by Crippen LogP contribution is 2.34. The first kappa shape index (κ1) is 12.3. The fourth-order valence-electron chi connectivity index (χ4n) is 2.39. The predicted octanol–water partition coefficient (Wildman–Crippen LogP) is 0.0776. The van der Waals surface area contributed by atoms with Gasteiger partial charge in [-0.1, -0.05) is 0 Å². The lowest BCUT2D eigenvalue weighted by molar-refractivity contribution is -0.161. The highest BCUT2D eigenvalue weighted by Gasteiger charge is 2.43. The van der Waals surface area contributed by atoms with E-state index >= 15 is 0 Å². The Kier molecular flexibility index (Phi) is 3.27. The van der Waals surface area contributed by atoms with E-state index < -0.39 is 15.6 Å². The Labute approximate surface area is 95.7 Å². The highest BCUT2D eigenvalue weighted by atomic mass is 32.2. The van der Waals surface area contributed by atoms with Gasteiger partial charge >= 0.3 is 0 Å². The summed E-state index contributed by atoms with van der Waals surface area (Å²) in [5.74, 6) is -0.577. The molecule has 0 amide bonds. The third-order valence-corrected chi connectivity index (χ3v) is 5.53. The number of ether oxygens (including phenoxy) is 2. The van der Waals surface area contributed by atoms with Crippen molar-refractivity contribution < 1.29 is 23.0 Å². The highest BCUT2D eigenvalue weighted by molar-refractivity contribution is 7.92. The monoisotopic (exact) mass is 250 g/mol. The van der Waals surface area contributed by atoms with Crippen molar-refractivity contribution in [2.45, 2.75) is 43.3 Å². The lowest BCUT2D eigenvalue weighted by Crippen LogP contribution is -2.34. The summed E-state index contributed by atoms with van der Waals surface area (Å²) in [5.41, 5.74) is 0. The Bertz CT molecular complexity index is 352. The first-order valence-electron chi connectivity index (χ1n) is 5.59. The van der Waals surface area contributed by atoms with Crippen molar-refractivity contribution >= 4 is 9.84 Å². The Hall–Kier alpha value is -0.170. The van der Waals surface area contributed by atoms with Gasteiger partial charge in [-0.25, -0.2) is 8.42 Å². The molecule has 2 aliphatic rings. The molecule has 0 bridgehead atoms. The van der Waals surface area contributed by atoms with Crippen LogP contribution >= 0.6 is 0 Å². The van der Waals surface area contributed by atoms with Crippen LogP contribution < -0.4 is 0 Å². The van der Waals surface area contributed by atoms with E-state index in [2.05, 4.69) is 0 Å². The first-order chi connectivity index (χ1) is 7.45. The van der Waals surface area contributed by atoms with Crippen molar-refractivity contribution in [2.24, 2.45) is 0 Å². The van der Waals surface area contributed by atoms with Gasteiger partial charge in [0.05, 0.1) is 24.2 Å². The summed E-state index contributed by atoms with van der Waals surface area (Å²) in [7, 11) is -2.96. The van der Waals surface area contributed by atoms with Gasteiger partial charge < -0.3 is 14.6 Å². The molecule has 2 aliphatic heterocycles. The van der Waals surface area contributed by atoms with Crippen LogP contribution in [0.2, 0.25) is 0 Å². The lowest BCUT2D eigenvalue weighted by atomic mass is 10.1. The molecule has 0 radical (unpaired) electrons. The Morgan fingerprint density at radius 1 is 1.50 bits per heavy atom. The van der Waals surface area contributed by atoms with Crippen LogP contribution in [0.3, 0.4) is 0 Å². The minimum absolute atomic E-state index is 0.0903. The van der Waals surface area contributed by atoms with E-state index in [0.717, 1.165) is 6.42 Å². The molecule has 1 N–H and O–H groups in total. The number of hydrogen-bond donors (Lipinski definition) is 1. The molecular weight excluding hydrogens is 232 g/mol. The Morgan fingerprint density at radius 2 is 2.25 bits per heavy atom. The van der Waals surface area contributed by atoms with Crippen LogP contribution in [0.25, 0.3) is 0 Å². The Balaban J connectivity index is 2.00. The van der Waals surface area contributed by atoms with E-state index in [1.165, 1.54) is 0 Å². The van der Waals surface area contributed by atoms with Crippen molar-refractivity contribution in [3.63, 3.8) is 0 Å². The number of aliphatic hydroxyl groups is 1. The summed E-state index contributed by atoms with van der Waals surface area (Å²) in [6.07, 6.45) is 1.46. The van der Waals surface area contributed by atoms with Gasteiger partial charge in [-0.15, -0.1) is 0 Å². The molecule has 6 heteroatoms. The van der Waals surface area contributed by atoms with Gasteiger partial charge in [-0.05, 0) is 19.8 Å². The molecule has 0 spiro atoms. The molecule has 0 aromatic heterocycles. The molecule has 3 atom stereocenters. The van der Waals surface area contributed by atoms with Crippen molar-refractivity contribution in [1.82, 2.24) is 0 Å². The van der Waals surface area contributed by atoms with Crippen molar-refractivity contribution in [2.75, 3.05) is 19.0 Å². The third kappa shape index (κ3) is 2.40. The van der Waals surface area contributed by atoms with Gasteiger partial charge in [0.15, 0.2) is 15.6 Å². The van der Waals surface area contributed by atoms with Crippen LogP contribution in [0.1, 0.15) is 26.2 Å². The zero-order chi connectivity index (χ0) is 11.8. The maximum atomic E-state index is 11.7. The number of hydrogen-bond acceptors (Lipinski definition) is 5. The standard InChI is InChI=1S/C10H18O5S/c1-10(14-7-8(6-11)15-10)5-9-3-2-4-16(9,12)13/h8-9,11H,2-7H2,1H3. The van der Waals surface area contributed by atoms with Gasteiger partial charge in [0.2, 0.25) is 0 Å². The smallest absolute Gasteiger partial charge is 0.167 e. The molecule has 2 rings (SSSR count). The van der Waals surface area contributed by atoms with Crippen LogP contribution in [-0.4, -0.2) is 49.6 Å². The quantitative estimate of drug-likeness (QED) is 0.768. The molecule has 2 fully saturated rings. The zero-order valence-electron chi connectivity index (χ0n) is 9.39. The summed E-state index contributed by atoms with van der Waals surface area (Å²) in [6.45, 7) is 1.99. The van der Waals surface area contributed by atoms with E-state index in [1.807, 2.05) is 0 Å². The van der Waals surface area contributed by atoms with E-state index in [-0.39, 0.29) is 23.7 Å². The molecule has 2 saturated heterocycles. The fraction of sp³-hybridized carbons (Fsp3) is 1.00. The van der Waals surface area contributed by atoms with Crippen LogP contribution in [0.5, 0.6) is 0 Å². The van der Waals surface area contributed by atoms with Crippen molar-refractivity contribution in [3.05, 3.63) is 0 Å². The SMILES string of the molecule is CC1(CC2CCCS2(=O)=O)OCC(CO)O1. The van der Waals surface area contributed by atoms with Crippen LogP contribution in [0, 0.1) is 0 Å². The van der Waals surface area contributed by atoms with E-state index in [9.17, 15) is 8.42 Å². The molecule has 0 aromatic carbocycles. The minimum Gasteiger partial charge on any atom is -0.394 e. The van der Waals surface area contributed by atoms with Gasteiger partial charge in [-0.3, -0.25) is 0 Å². The second-order valence-corrected chi connectivity index (χ2v) is 7.10. The second-order valence-electron chi connectivity index (χ2n) is 4.70. The van der Waals surface area contributed by atoms with E-state index in [4.69, 9.17) is 14.6 Å². The van der Waals surface area contributed by atoms with Crippen molar-refractivity contribution in [3.8, 4) is 0 Å². The van der Waals surface area contributed by atoms with Crippen LogP contribution in [0.15, 0.2) is 0 Å². The minimum atomic E-state index is -2.96. The molecule has 3 unspecified atom stereocenters. The molecular formula is C10H18O5S. The summed E-state index contributed by atoms with van der Waals surface area (Å²) >= 11 is 0. The molecule has 0 aromatic rings. The molecule has 0 aliphatic carbocycles. The summed E-state index contributed by atoms with van der Waals surface area (Å²) in [6, 6.07) is 0. The fourth-order valence-corrected chi connectivity index (χ4v) is 4.37. The summed E-state index contributed by atoms with van der Waals surface area (Å²) in [5, 5.41) is 8.59. The summed E-state index contributed by atoms with van der Waals surface area (Å²) in [4.78, 5) is 0. The average molecular weight is 250 g/mol. The van der Waals surface area contributed by atoms with E-state index in [1.54, 1.807) is 6.92 Å². The molecule has 2 heterocycles.